The second-order valence-electron chi connectivity index (χ2n) is 8.01. The lowest BCUT2D eigenvalue weighted by Gasteiger charge is -2.34. The summed E-state index contributed by atoms with van der Waals surface area (Å²) in [5, 5.41) is 4.43. The van der Waals surface area contributed by atoms with E-state index in [1.54, 1.807) is 4.68 Å². The van der Waals surface area contributed by atoms with E-state index in [0.717, 1.165) is 43.7 Å². The van der Waals surface area contributed by atoms with E-state index < -0.39 is 0 Å². The van der Waals surface area contributed by atoms with Crippen LogP contribution in [0, 0.1) is 11.7 Å². The molecule has 1 aliphatic heterocycles. The van der Waals surface area contributed by atoms with Crippen LogP contribution in [0.4, 0.5) is 4.39 Å². The minimum absolute atomic E-state index is 0.0592. The average molecular weight is 387 g/mol. The van der Waals surface area contributed by atoms with E-state index in [4.69, 9.17) is 0 Å². The van der Waals surface area contributed by atoms with Crippen LogP contribution in [0.2, 0.25) is 0 Å². The third-order valence-electron chi connectivity index (χ3n) is 5.62. The normalized spacial score (nSPS) is 18.5. The smallest absolute Gasteiger partial charge is 0.272 e. The van der Waals surface area contributed by atoms with Gasteiger partial charge >= 0.3 is 0 Å². The molecule has 0 spiro atoms. The zero-order valence-electron chi connectivity index (χ0n) is 17.4. The first-order valence-corrected chi connectivity index (χ1v) is 10.2. The number of hydrogen-bond donors (Lipinski definition) is 0. The van der Waals surface area contributed by atoms with Crippen LogP contribution < -0.4 is 0 Å². The van der Waals surface area contributed by atoms with Gasteiger partial charge in [-0.2, -0.15) is 5.10 Å². The molecule has 0 bridgehead atoms. The van der Waals surface area contributed by atoms with Gasteiger partial charge in [-0.1, -0.05) is 32.9 Å². The molecule has 1 saturated heterocycles. The van der Waals surface area contributed by atoms with Gasteiger partial charge in [0.15, 0.2) is 0 Å². The number of carbonyl (C=O) groups is 1. The largest absolute Gasteiger partial charge is 0.336 e. The number of benzene rings is 1. The van der Waals surface area contributed by atoms with E-state index >= 15 is 0 Å². The number of halogens is 1. The molecule has 5 nitrogen and oxygen atoms in total. The number of aryl methyl sites for hydroxylation is 2. The van der Waals surface area contributed by atoms with Crippen LogP contribution in [0.3, 0.4) is 0 Å². The summed E-state index contributed by atoms with van der Waals surface area (Å²) in [5.74, 6) is 0.259. The van der Waals surface area contributed by atoms with Crippen molar-refractivity contribution >= 4 is 5.91 Å². The molecule has 0 radical (unpaired) electrons. The molecule has 0 aliphatic carbocycles. The molecule has 2 aromatic rings. The number of rotatable bonds is 5. The van der Waals surface area contributed by atoms with Crippen LogP contribution in [-0.2, 0) is 20.0 Å². The first-order valence-electron chi connectivity index (χ1n) is 10.2. The monoisotopic (exact) mass is 386 g/mol. The minimum Gasteiger partial charge on any atom is -0.336 e. The van der Waals surface area contributed by atoms with Gasteiger partial charge in [0.05, 0.1) is 5.69 Å². The van der Waals surface area contributed by atoms with Crippen molar-refractivity contribution in [2.24, 2.45) is 13.0 Å². The number of carbonyl (C=O) groups excluding carboxylic acids is 1. The van der Waals surface area contributed by atoms with Crippen LogP contribution in [0.15, 0.2) is 30.3 Å². The Labute approximate surface area is 167 Å². The lowest BCUT2D eigenvalue weighted by atomic mass is 10.0. The molecule has 0 saturated carbocycles. The molecular weight excluding hydrogens is 355 g/mol. The summed E-state index contributed by atoms with van der Waals surface area (Å²) in [6.07, 6.45) is 1.75. The molecule has 1 aliphatic rings. The molecule has 3 rings (SSSR count). The maximum Gasteiger partial charge on any atom is 0.272 e. The maximum atomic E-state index is 13.2. The van der Waals surface area contributed by atoms with Gasteiger partial charge in [-0.25, -0.2) is 4.39 Å². The Balaban J connectivity index is 1.77. The van der Waals surface area contributed by atoms with Crippen molar-refractivity contribution < 1.29 is 9.18 Å². The van der Waals surface area contributed by atoms with Gasteiger partial charge in [0, 0.05) is 39.3 Å². The number of hydrogen-bond acceptors (Lipinski definition) is 3. The van der Waals surface area contributed by atoms with Crippen molar-refractivity contribution in [3.63, 3.8) is 0 Å². The second-order valence-corrected chi connectivity index (χ2v) is 8.01. The third kappa shape index (κ3) is 4.61. The molecule has 28 heavy (non-hydrogen) atoms. The van der Waals surface area contributed by atoms with Crippen LogP contribution in [0.1, 0.15) is 48.9 Å². The second kappa shape index (κ2) is 8.86. The summed E-state index contributed by atoms with van der Waals surface area (Å²) < 4.78 is 14.9. The molecule has 1 aromatic heterocycles. The maximum absolute atomic E-state index is 13.2. The lowest BCUT2D eigenvalue weighted by Crippen LogP contribution is -2.45. The molecule has 1 atom stereocenters. The van der Waals surface area contributed by atoms with Crippen molar-refractivity contribution in [1.82, 2.24) is 19.6 Å². The molecule has 152 valence electrons. The molecular formula is C22H31FN4O. The van der Waals surface area contributed by atoms with Crippen molar-refractivity contribution in [2.45, 2.75) is 46.2 Å². The van der Waals surface area contributed by atoms with Gasteiger partial charge in [0.25, 0.3) is 5.91 Å². The number of amides is 1. The fourth-order valence-corrected chi connectivity index (χ4v) is 3.96. The Morgan fingerprint density at radius 3 is 2.57 bits per heavy atom. The van der Waals surface area contributed by atoms with Crippen LogP contribution in [0.25, 0.3) is 0 Å². The van der Waals surface area contributed by atoms with Gasteiger partial charge in [0.2, 0.25) is 0 Å². The Morgan fingerprint density at radius 2 is 1.96 bits per heavy atom. The van der Waals surface area contributed by atoms with Crippen LogP contribution in [0.5, 0.6) is 0 Å². The molecule has 6 heteroatoms. The van der Waals surface area contributed by atoms with Crippen LogP contribution in [-0.4, -0.2) is 51.2 Å². The van der Waals surface area contributed by atoms with Gasteiger partial charge in [-0.05, 0) is 42.5 Å². The topological polar surface area (TPSA) is 41.4 Å². The predicted octanol–water partition coefficient (Wildman–Crippen LogP) is 3.49. The summed E-state index contributed by atoms with van der Waals surface area (Å²) in [6, 6.07) is 8.90. The highest BCUT2D eigenvalue weighted by Crippen LogP contribution is 2.21. The molecule has 2 heterocycles. The highest BCUT2D eigenvalue weighted by Gasteiger charge is 2.31. The van der Waals surface area contributed by atoms with E-state index in [1.165, 1.54) is 12.1 Å². The zero-order chi connectivity index (χ0) is 20.3. The fraction of sp³-hybridized carbons (Fsp3) is 0.545. The minimum atomic E-state index is -0.209. The predicted molar refractivity (Wildman–Crippen MR) is 109 cm³/mol. The van der Waals surface area contributed by atoms with E-state index in [-0.39, 0.29) is 17.8 Å². The molecule has 1 fully saturated rings. The van der Waals surface area contributed by atoms with E-state index in [0.29, 0.717) is 18.2 Å². The van der Waals surface area contributed by atoms with E-state index in [9.17, 15) is 9.18 Å². The Bertz CT molecular complexity index is 799. The van der Waals surface area contributed by atoms with Crippen molar-refractivity contribution in [1.29, 1.82) is 0 Å². The standard InChI is InChI=1S/C22H31FN4O/c1-5-19-13-20(25(4)24-19)22(28)27-12-6-11-26(21(15-27)16(2)3)14-17-7-9-18(23)10-8-17/h7-10,13,16,21H,5-6,11-12,14-15H2,1-4H3/t21-/m0/s1. The lowest BCUT2D eigenvalue weighted by molar-refractivity contribution is 0.0691. The number of aromatic nitrogens is 2. The molecule has 1 amide bonds. The molecule has 1 aromatic carbocycles. The van der Waals surface area contributed by atoms with Crippen molar-refractivity contribution in [2.75, 3.05) is 19.6 Å². The SMILES string of the molecule is CCc1cc(C(=O)N2CCCN(Cc3ccc(F)cc3)[C@H](C(C)C)C2)n(C)n1. The fourth-order valence-electron chi connectivity index (χ4n) is 3.96. The summed E-state index contributed by atoms with van der Waals surface area (Å²) >= 11 is 0. The van der Waals surface area contributed by atoms with E-state index in [1.807, 2.05) is 37.1 Å². The third-order valence-corrected chi connectivity index (χ3v) is 5.62. The van der Waals surface area contributed by atoms with Gasteiger partial charge in [-0.3, -0.25) is 14.4 Å². The summed E-state index contributed by atoms with van der Waals surface area (Å²) in [7, 11) is 1.84. The highest BCUT2D eigenvalue weighted by molar-refractivity contribution is 5.92. The van der Waals surface area contributed by atoms with Gasteiger partial charge < -0.3 is 4.90 Å². The van der Waals surface area contributed by atoms with Gasteiger partial charge in [0.1, 0.15) is 11.5 Å². The summed E-state index contributed by atoms with van der Waals surface area (Å²) in [5.41, 5.74) is 2.71. The first kappa shape index (κ1) is 20.5. The summed E-state index contributed by atoms with van der Waals surface area (Å²) in [4.78, 5) is 17.6. The zero-order valence-corrected chi connectivity index (χ0v) is 17.4. The molecule has 0 unspecified atom stereocenters. The molecule has 0 N–H and O–H groups in total. The Hall–Kier alpha value is -2.21. The van der Waals surface area contributed by atoms with Gasteiger partial charge in [-0.15, -0.1) is 0 Å². The van der Waals surface area contributed by atoms with E-state index in [2.05, 4.69) is 23.8 Å². The quantitative estimate of drug-likeness (QED) is 0.790. The van der Waals surface area contributed by atoms with Crippen molar-refractivity contribution in [3.8, 4) is 0 Å². The number of nitrogens with zero attached hydrogens (tertiary/aromatic N) is 4. The van der Waals surface area contributed by atoms with Crippen molar-refractivity contribution in [3.05, 3.63) is 53.1 Å². The van der Waals surface area contributed by atoms with Crippen LogP contribution >= 0.6 is 0 Å². The Morgan fingerprint density at radius 1 is 1.25 bits per heavy atom. The highest BCUT2D eigenvalue weighted by atomic mass is 19.1. The average Bonchev–Trinajstić information content (AvgIpc) is 2.92. The first-order chi connectivity index (χ1) is 13.4. The Kier molecular flexibility index (Phi) is 6.50. The summed E-state index contributed by atoms with van der Waals surface area (Å²) in [6.45, 7) is 9.60.